The first-order valence-corrected chi connectivity index (χ1v) is 9.02. The number of nitrogens with one attached hydrogen (secondary N) is 1. The maximum atomic E-state index is 12.5. The maximum absolute atomic E-state index is 12.5. The molecule has 25 heavy (non-hydrogen) atoms. The predicted molar refractivity (Wildman–Crippen MR) is 95.9 cm³/mol. The first-order chi connectivity index (χ1) is 11.8. The molecule has 1 N–H and O–H groups in total. The highest BCUT2D eigenvalue weighted by molar-refractivity contribution is 6.31. The number of hydrogen-bond donors (Lipinski definition) is 1. The van der Waals surface area contributed by atoms with Crippen molar-refractivity contribution in [2.75, 3.05) is 5.32 Å². The van der Waals surface area contributed by atoms with Crippen molar-refractivity contribution in [1.29, 1.82) is 0 Å². The van der Waals surface area contributed by atoms with Gasteiger partial charge in [0.25, 0.3) is 6.01 Å². The van der Waals surface area contributed by atoms with Gasteiger partial charge in [-0.15, -0.1) is 0 Å². The lowest BCUT2D eigenvalue weighted by atomic mass is 9.96. The number of benzene rings is 1. The minimum absolute atomic E-state index is 0.110. The van der Waals surface area contributed by atoms with Crippen molar-refractivity contribution in [3.63, 3.8) is 0 Å². The average molecular weight is 364 g/mol. The fourth-order valence-electron chi connectivity index (χ4n) is 3.86. The zero-order valence-corrected chi connectivity index (χ0v) is 15.3. The number of aromatic nitrogens is 1. The van der Waals surface area contributed by atoms with Gasteiger partial charge in [0.05, 0.1) is 12.1 Å². The zero-order chi connectivity index (χ0) is 17.8. The van der Waals surface area contributed by atoms with E-state index in [9.17, 15) is 4.79 Å². The molecule has 2 bridgehead atoms. The van der Waals surface area contributed by atoms with Crippen LogP contribution >= 0.6 is 11.6 Å². The molecule has 1 aromatic carbocycles. The van der Waals surface area contributed by atoms with E-state index in [1.165, 1.54) is 0 Å². The van der Waals surface area contributed by atoms with Gasteiger partial charge >= 0.3 is 6.09 Å². The number of nitrogens with zero attached hydrogens (tertiary/aromatic N) is 2. The van der Waals surface area contributed by atoms with Crippen LogP contribution in [0.25, 0.3) is 11.1 Å². The number of amides is 1. The van der Waals surface area contributed by atoms with Gasteiger partial charge in [0, 0.05) is 11.1 Å². The van der Waals surface area contributed by atoms with Crippen LogP contribution in [0.1, 0.15) is 40.0 Å². The van der Waals surface area contributed by atoms with Crippen molar-refractivity contribution in [3.8, 4) is 0 Å². The molecule has 2 aromatic rings. The maximum Gasteiger partial charge on any atom is 0.410 e. The number of rotatable bonds is 2. The van der Waals surface area contributed by atoms with Gasteiger partial charge in [0.1, 0.15) is 11.1 Å². The molecule has 3 heterocycles. The number of oxazole rings is 1. The van der Waals surface area contributed by atoms with Crippen LogP contribution in [0.2, 0.25) is 5.02 Å². The van der Waals surface area contributed by atoms with E-state index in [1.54, 1.807) is 12.1 Å². The van der Waals surface area contributed by atoms with Gasteiger partial charge in [-0.25, -0.2) is 4.79 Å². The van der Waals surface area contributed by atoms with E-state index < -0.39 is 5.60 Å². The third-order valence-electron chi connectivity index (χ3n) is 4.80. The Labute approximate surface area is 151 Å². The molecule has 134 valence electrons. The third kappa shape index (κ3) is 3.15. The zero-order valence-electron chi connectivity index (χ0n) is 14.6. The average Bonchev–Trinajstić information content (AvgIpc) is 3.16. The topological polar surface area (TPSA) is 67.6 Å². The lowest BCUT2D eigenvalue weighted by Gasteiger charge is -2.28. The summed E-state index contributed by atoms with van der Waals surface area (Å²) in [6, 6.07) is 6.28. The molecule has 3 unspecified atom stereocenters. The van der Waals surface area contributed by atoms with E-state index in [1.807, 2.05) is 31.7 Å². The Kier molecular flexibility index (Phi) is 3.83. The summed E-state index contributed by atoms with van der Waals surface area (Å²) in [6.45, 7) is 5.67. The smallest absolute Gasteiger partial charge is 0.410 e. The molecule has 1 aromatic heterocycles. The van der Waals surface area contributed by atoms with Crippen molar-refractivity contribution < 1.29 is 13.9 Å². The number of fused-ring (bicyclic) bond motifs is 3. The minimum Gasteiger partial charge on any atom is -0.444 e. The molecule has 2 aliphatic rings. The first kappa shape index (κ1) is 16.5. The normalized spacial score (nSPS) is 25.6. The van der Waals surface area contributed by atoms with Crippen molar-refractivity contribution in [3.05, 3.63) is 23.2 Å². The molecule has 0 radical (unpaired) electrons. The van der Waals surface area contributed by atoms with E-state index in [4.69, 9.17) is 20.8 Å². The second kappa shape index (κ2) is 5.80. The standard InChI is InChI=1S/C18H22ClN3O3/c1-18(2,3)25-17(23)22-11-5-6-14(22)12(9-11)20-16-21-13-8-10(19)4-7-15(13)24-16/h4,7-8,11-12,14H,5-6,9H2,1-3H3,(H,20,21). The molecule has 2 fully saturated rings. The van der Waals surface area contributed by atoms with Gasteiger partial charge in [-0.1, -0.05) is 11.6 Å². The summed E-state index contributed by atoms with van der Waals surface area (Å²) in [5, 5.41) is 3.99. The van der Waals surface area contributed by atoms with Crippen molar-refractivity contribution in [2.24, 2.45) is 0 Å². The number of carbonyl (C=O) groups excluding carboxylic acids is 1. The largest absolute Gasteiger partial charge is 0.444 e. The summed E-state index contributed by atoms with van der Waals surface area (Å²) in [4.78, 5) is 18.9. The highest BCUT2D eigenvalue weighted by Crippen LogP contribution is 2.40. The second-order valence-corrected chi connectivity index (χ2v) is 8.24. The lowest BCUT2D eigenvalue weighted by molar-refractivity contribution is 0.0214. The quantitative estimate of drug-likeness (QED) is 0.854. The van der Waals surface area contributed by atoms with Crippen LogP contribution < -0.4 is 5.32 Å². The monoisotopic (exact) mass is 363 g/mol. The number of carbonyl (C=O) groups is 1. The van der Waals surface area contributed by atoms with Crippen LogP contribution in [-0.2, 0) is 4.74 Å². The number of ether oxygens (including phenoxy) is 1. The molecule has 6 nitrogen and oxygen atoms in total. The van der Waals surface area contributed by atoms with Crippen LogP contribution in [0.4, 0.5) is 10.8 Å². The predicted octanol–water partition coefficient (Wildman–Crippen LogP) is 4.43. The van der Waals surface area contributed by atoms with Crippen molar-refractivity contribution >= 4 is 34.8 Å². The van der Waals surface area contributed by atoms with Crippen LogP contribution in [0.15, 0.2) is 22.6 Å². The van der Waals surface area contributed by atoms with E-state index in [2.05, 4.69) is 10.3 Å². The Morgan fingerprint density at radius 1 is 1.40 bits per heavy atom. The highest BCUT2D eigenvalue weighted by atomic mass is 35.5. The highest BCUT2D eigenvalue weighted by Gasteiger charge is 2.50. The SMILES string of the molecule is CC(C)(C)OC(=O)N1C2CCC1C(Nc1nc3cc(Cl)ccc3o1)C2. The Balaban J connectivity index is 1.49. The van der Waals surface area contributed by atoms with Crippen LogP contribution in [0, 0.1) is 0 Å². The Morgan fingerprint density at radius 2 is 2.20 bits per heavy atom. The Bertz CT molecular complexity index is 813. The molecular formula is C18H22ClN3O3. The fraction of sp³-hybridized carbons (Fsp3) is 0.556. The van der Waals surface area contributed by atoms with E-state index >= 15 is 0 Å². The Morgan fingerprint density at radius 3 is 2.96 bits per heavy atom. The van der Waals surface area contributed by atoms with Gasteiger partial charge in [-0.2, -0.15) is 4.98 Å². The van der Waals surface area contributed by atoms with Crippen LogP contribution in [-0.4, -0.2) is 39.7 Å². The molecule has 0 aliphatic carbocycles. The third-order valence-corrected chi connectivity index (χ3v) is 5.03. The van der Waals surface area contributed by atoms with E-state index in [-0.39, 0.29) is 24.2 Å². The number of halogens is 1. The summed E-state index contributed by atoms with van der Waals surface area (Å²) in [7, 11) is 0. The number of anilines is 1. The first-order valence-electron chi connectivity index (χ1n) is 8.64. The lowest BCUT2D eigenvalue weighted by Crippen LogP contribution is -2.42. The summed E-state index contributed by atoms with van der Waals surface area (Å²) in [5.41, 5.74) is 0.933. The molecule has 2 saturated heterocycles. The molecule has 2 aliphatic heterocycles. The van der Waals surface area contributed by atoms with Gasteiger partial charge in [-0.3, -0.25) is 0 Å². The fourth-order valence-corrected chi connectivity index (χ4v) is 4.03. The van der Waals surface area contributed by atoms with E-state index in [0.29, 0.717) is 16.6 Å². The molecular weight excluding hydrogens is 342 g/mol. The van der Waals surface area contributed by atoms with E-state index in [0.717, 1.165) is 24.8 Å². The molecule has 0 spiro atoms. The summed E-state index contributed by atoms with van der Waals surface area (Å²) >= 11 is 6.00. The summed E-state index contributed by atoms with van der Waals surface area (Å²) in [6.07, 6.45) is 2.64. The molecule has 7 heteroatoms. The van der Waals surface area contributed by atoms with Crippen molar-refractivity contribution in [1.82, 2.24) is 9.88 Å². The molecule has 4 rings (SSSR count). The second-order valence-electron chi connectivity index (χ2n) is 7.80. The summed E-state index contributed by atoms with van der Waals surface area (Å²) < 4.78 is 11.3. The van der Waals surface area contributed by atoms with Gasteiger partial charge in [-0.05, 0) is 58.2 Å². The van der Waals surface area contributed by atoms with Crippen molar-refractivity contribution in [2.45, 2.75) is 63.8 Å². The number of hydrogen-bond acceptors (Lipinski definition) is 5. The molecule has 0 saturated carbocycles. The van der Waals surface area contributed by atoms with Gasteiger partial charge < -0.3 is 19.4 Å². The molecule has 1 amide bonds. The Hall–Kier alpha value is -1.95. The summed E-state index contributed by atoms with van der Waals surface area (Å²) in [5.74, 6) is 0. The van der Waals surface area contributed by atoms with Gasteiger partial charge in [0.2, 0.25) is 0 Å². The van der Waals surface area contributed by atoms with Crippen LogP contribution in [0.5, 0.6) is 0 Å². The molecule has 3 atom stereocenters. The minimum atomic E-state index is -0.485. The van der Waals surface area contributed by atoms with Gasteiger partial charge in [0.15, 0.2) is 5.58 Å². The van der Waals surface area contributed by atoms with Crippen LogP contribution in [0.3, 0.4) is 0 Å².